The van der Waals surface area contributed by atoms with Gasteiger partial charge in [-0.3, -0.25) is 20.2 Å². The van der Waals surface area contributed by atoms with Crippen LogP contribution in [-0.4, -0.2) is 17.8 Å². The quantitative estimate of drug-likeness (QED) is 0.853. The molecule has 0 bridgehead atoms. The van der Waals surface area contributed by atoms with Crippen molar-refractivity contribution in [1.82, 2.24) is 10.6 Å². The summed E-state index contributed by atoms with van der Waals surface area (Å²) in [6, 6.07) is 12.8. The number of halogens is 1. The van der Waals surface area contributed by atoms with Crippen molar-refractivity contribution in [1.29, 1.82) is 0 Å². The van der Waals surface area contributed by atoms with Crippen LogP contribution in [0.5, 0.6) is 0 Å². The average molecular weight is 367 g/mol. The van der Waals surface area contributed by atoms with Crippen molar-refractivity contribution < 1.29 is 14.0 Å². The van der Waals surface area contributed by atoms with Gasteiger partial charge in [0.15, 0.2) is 0 Å². The van der Waals surface area contributed by atoms with Crippen LogP contribution < -0.4 is 10.6 Å². The zero-order chi connectivity index (χ0) is 19.6. The maximum Gasteiger partial charge on any atom is 0.257 e. The highest BCUT2D eigenvalue weighted by molar-refractivity contribution is 6.10. The first-order valence-electron chi connectivity index (χ1n) is 8.78. The van der Waals surface area contributed by atoms with Crippen LogP contribution in [0.1, 0.15) is 54.7 Å². The number of aliphatic imine (C=N–C) groups is 1. The molecule has 1 atom stereocenters. The number of carbonyl (C=O) groups is 2. The van der Waals surface area contributed by atoms with E-state index in [1.807, 2.05) is 12.1 Å². The number of amides is 2. The third kappa shape index (κ3) is 4.39. The molecule has 2 aromatic carbocycles. The fourth-order valence-corrected chi connectivity index (χ4v) is 2.88. The van der Waals surface area contributed by atoms with E-state index in [2.05, 4.69) is 36.4 Å². The third-order valence-corrected chi connectivity index (χ3v) is 4.43. The van der Waals surface area contributed by atoms with Crippen LogP contribution in [0.2, 0.25) is 0 Å². The van der Waals surface area contributed by atoms with Crippen molar-refractivity contribution in [2.75, 3.05) is 0 Å². The van der Waals surface area contributed by atoms with Crippen LogP contribution >= 0.6 is 0 Å². The standard InChI is InChI=1S/C21H22FN3O2/c1-21(2,3)14-10-8-13(9-11-14)19(27)25-20-23-17(12-18(26)24-20)15-6-4-5-7-16(15)22/h4-11,17H,12H2,1-3H3,(H2,23,24,25,26,27). The van der Waals surface area contributed by atoms with E-state index in [9.17, 15) is 14.0 Å². The van der Waals surface area contributed by atoms with E-state index in [-0.39, 0.29) is 29.6 Å². The molecule has 0 aromatic heterocycles. The Bertz CT molecular complexity index is 898. The maximum atomic E-state index is 14.0. The third-order valence-electron chi connectivity index (χ3n) is 4.43. The first-order valence-corrected chi connectivity index (χ1v) is 8.78. The van der Waals surface area contributed by atoms with Gasteiger partial charge in [0.25, 0.3) is 5.91 Å². The Labute approximate surface area is 157 Å². The van der Waals surface area contributed by atoms with Gasteiger partial charge in [0.1, 0.15) is 5.82 Å². The highest BCUT2D eigenvalue weighted by atomic mass is 19.1. The molecule has 27 heavy (non-hydrogen) atoms. The lowest BCUT2D eigenvalue weighted by molar-refractivity contribution is -0.120. The van der Waals surface area contributed by atoms with Gasteiger partial charge in [0.05, 0.1) is 12.5 Å². The predicted octanol–water partition coefficient (Wildman–Crippen LogP) is 3.47. The summed E-state index contributed by atoms with van der Waals surface area (Å²) >= 11 is 0. The fraction of sp³-hybridized carbons (Fsp3) is 0.286. The number of carbonyl (C=O) groups excluding carboxylic acids is 2. The van der Waals surface area contributed by atoms with Crippen LogP contribution in [-0.2, 0) is 10.2 Å². The Kier molecular flexibility index (Phi) is 5.08. The summed E-state index contributed by atoms with van der Waals surface area (Å²) < 4.78 is 14.0. The van der Waals surface area contributed by atoms with Crippen molar-refractivity contribution in [2.45, 2.75) is 38.6 Å². The van der Waals surface area contributed by atoms with Crippen LogP contribution in [0.3, 0.4) is 0 Å². The van der Waals surface area contributed by atoms with Gasteiger partial charge >= 0.3 is 0 Å². The van der Waals surface area contributed by atoms with E-state index < -0.39 is 11.9 Å². The molecule has 5 nitrogen and oxygen atoms in total. The van der Waals surface area contributed by atoms with Gasteiger partial charge in [-0.25, -0.2) is 9.38 Å². The molecule has 1 unspecified atom stereocenters. The van der Waals surface area contributed by atoms with Gasteiger partial charge in [0.2, 0.25) is 11.9 Å². The minimum Gasteiger partial charge on any atom is -0.296 e. The zero-order valence-electron chi connectivity index (χ0n) is 15.5. The molecular weight excluding hydrogens is 345 g/mol. The largest absolute Gasteiger partial charge is 0.296 e. The number of nitrogens with one attached hydrogen (secondary N) is 2. The molecule has 0 saturated carbocycles. The minimum absolute atomic E-state index is 0.0105. The number of benzene rings is 2. The normalized spacial score (nSPS) is 17.1. The van der Waals surface area contributed by atoms with Gasteiger partial charge in [-0.2, -0.15) is 0 Å². The molecule has 1 aliphatic heterocycles. The second-order valence-electron chi connectivity index (χ2n) is 7.55. The molecule has 1 heterocycles. The summed E-state index contributed by atoms with van der Waals surface area (Å²) in [5, 5.41) is 5.13. The molecular formula is C21H22FN3O2. The highest BCUT2D eigenvalue weighted by Gasteiger charge is 2.25. The summed E-state index contributed by atoms with van der Waals surface area (Å²) in [5.74, 6) is -1.10. The SMILES string of the molecule is CC(C)(C)c1ccc(C(=O)NC2=NC(c3ccccc3F)CC(=O)N2)cc1. The van der Waals surface area contributed by atoms with Crippen molar-refractivity contribution in [3.05, 3.63) is 71.0 Å². The predicted molar refractivity (Wildman–Crippen MR) is 102 cm³/mol. The zero-order valence-corrected chi connectivity index (χ0v) is 15.5. The first-order chi connectivity index (χ1) is 12.7. The minimum atomic E-state index is -0.668. The number of rotatable bonds is 2. The summed E-state index contributed by atoms with van der Waals surface area (Å²) in [6.45, 7) is 6.28. The van der Waals surface area contributed by atoms with Gasteiger partial charge in [-0.05, 0) is 29.2 Å². The summed E-state index contributed by atoms with van der Waals surface area (Å²) in [7, 11) is 0. The Morgan fingerprint density at radius 2 is 1.81 bits per heavy atom. The highest BCUT2D eigenvalue weighted by Crippen LogP contribution is 2.26. The maximum absolute atomic E-state index is 14.0. The summed E-state index contributed by atoms with van der Waals surface area (Å²) in [5.41, 5.74) is 1.88. The van der Waals surface area contributed by atoms with Crippen molar-refractivity contribution in [3.63, 3.8) is 0 Å². The van der Waals surface area contributed by atoms with E-state index in [1.54, 1.807) is 30.3 Å². The number of guanidine groups is 1. The van der Waals surface area contributed by atoms with E-state index in [1.165, 1.54) is 6.07 Å². The van der Waals surface area contributed by atoms with E-state index >= 15 is 0 Å². The molecule has 3 rings (SSSR count). The van der Waals surface area contributed by atoms with E-state index in [0.29, 0.717) is 11.1 Å². The molecule has 140 valence electrons. The van der Waals surface area contributed by atoms with Gasteiger partial charge in [-0.1, -0.05) is 51.1 Å². The molecule has 0 aliphatic carbocycles. The topological polar surface area (TPSA) is 70.6 Å². The van der Waals surface area contributed by atoms with Crippen LogP contribution in [0.4, 0.5) is 4.39 Å². The molecule has 0 spiro atoms. The summed E-state index contributed by atoms with van der Waals surface area (Å²) in [6.07, 6.45) is 0.0284. The molecule has 2 aromatic rings. The molecule has 1 aliphatic rings. The lowest BCUT2D eigenvalue weighted by Gasteiger charge is -2.22. The Hall–Kier alpha value is -3.02. The van der Waals surface area contributed by atoms with Crippen molar-refractivity contribution >= 4 is 17.8 Å². The monoisotopic (exact) mass is 367 g/mol. The fourth-order valence-electron chi connectivity index (χ4n) is 2.88. The van der Waals surface area contributed by atoms with Gasteiger partial charge < -0.3 is 0 Å². The number of hydrogen-bond donors (Lipinski definition) is 2. The van der Waals surface area contributed by atoms with Crippen LogP contribution in [0.15, 0.2) is 53.5 Å². The molecule has 0 radical (unpaired) electrons. The van der Waals surface area contributed by atoms with E-state index in [0.717, 1.165) is 5.56 Å². The summed E-state index contributed by atoms with van der Waals surface area (Å²) in [4.78, 5) is 28.7. The van der Waals surface area contributed by atoms with Crippen molar-refractivity contribution in [3.8, 4) is 0 Å². The second kappa shape index (κ2) is 7.31. The molecule has 6 heteroatoms. The van der Waals surface area contributed by atoms with Crippen LogP contribution in [0, 0.1) is 5.82 Å². The Morgan fingerprint density at radius 3 is 2.44 bits per heavy atom. The van der Waals surface area contributed by atoms with Gasteiger partial charge in [-0.15, -0.1) is 0 Å². The lowest BCUT2D eigenvalue weighted by atomic mass is 9.87. The molecule has 0 fully saturated rings. The van der Waals surface area contributed by atoms with Crippen LogP contribution in [0.25, 0.3) is 0 Å². The second-order valence-corrected chi connectivity index (χ2v) is 7.55. The van der Waals surface area contributed by atoms with Gasteiger partial charge in [0, 0.05) is 11.1 Å². The Morgan fingerprint density at radius 1 is 1.15 bits per heavy atom. The molecule has 2 amide bonds. The molecule has 0 saturated heterocycles. The van der Waals surface area contributed by atoms with E-state index in [4.69, 9.17) is 0 Å². The first kappa shape index (κ1) is 18.8. The lowest BCUT2D eigenvalue weighted by Crippen LogP contribution is -2.47. The average Bonchev–Trinajstić information content (AvgIpc) is 2.61. The smallest absolute Gasteiger partial charge is 0.257 e. The molecule has 2 N–H and O–H groups in total. The van der Waals surface area contributed by atoms with Crippen molar-refractivity contribution in [2.24, 2.45) is 4.99 Å². The Balaban J connectivity index is 1.78. The number of hydrogen-bond acceptors (Lipinski definition) is 3. The number of nitrogens with zero attached hydrogens (tertiary/aromatic N) is 1.